The normalized spacial score (nSPS) is 22.9. The van der Waals surface area contributed by atoms with Crippen molar-refractivity contribution in [2.45, 2.75) is 75.5 Å². The molecular weight excluding hydrogens is 604 g/mol. The van der Waals surface area contributed by atoms with Gasteiger partial charge >= 0.3 is 17.6 Å². The molecule has 3 heterocycles. The Bertz CT molecular complexity index is 1530. The van der Waals surface area contributed by atoms with E-state index in [0.717, 1.165) is 17.0 Å². The van der Waals surface area contributed by atoms with E-state index in [4.69, 9.17) is 15.6 Å². The smallest absolute Gasteiger partial charge is 0.330 e. The molecule has 1 aliphatic rings. The summed E-state index contributed by atoms with van der Waals surface area (Å²) in [5.74, 6) is -6.64. The zero-order chi connectivity index (χ0) is 33.7. The Balaban J connectivity index is 1.93. The van der Waals surface area contributed by atoms with Crippen LogP contribution in [0, 0.1) is 12.8 Å². The highest BCUT2D eigenvalue weighted by Crippen LogP contribution is 2.31. The summed E-state index contributed by atoms with van der Waals surface area (Å²) in [5.41, 5.74) is 4.35. The standard InChI is InChI=1S/C26H34N6O13/c1-9-8-32(26(44)31-21(9)39)24-19(38)18(37)20(45-24)16(23(41)29-13(25(42)43)5-6-14(34)35)30-22(40)15(27)10(2)17(36)12-4-3-11(33)7-28-12/h3-4,7-8,10,13,15-20,24,33,36-38H,5-6,27H2,1-2H3,(H,29,41)(H,30,40)(H,34,35)(H,42,43)(H,31,39,44). The van der Waals surface area contributed by atoms with E-state index >= 15 is 0 Å². The van der Waals surface area contributed by atoms with Crippen LogP contribution in [-0.4, -0.2) is 105 Å². The number of pyridine rings is 1. The van der Waals surface area contributed by atoms with E-state index in [1.807, 2.05) is 4.98 Å². The van der Waals surface area contributed by atoms with Gasteiger partial charge in [0.2, 0.25) is 11.8 Å². The van der Waals surface area contributed by atoms with E-state index in [2.05, 4.69) is 15.6 Å². The summed E-state index contributed by atoms with van der Waals surface area (Å²) in [6.45, 7) is 2.71. The van der Waals surface area contributed by atoms with Crippen LogP contribution in [0.3, 0.4) is 0 Å². The van der Waals surface area contributed by atoms with Gasteiger partial charge in [-0.25, -0.2) is 9.59 Å². The Hall–Kier alpha value is -4.69. The number of carboxylic acid groups (broad SMARTS) is 2. The lowest BCUT2D eigenvalue weighted by Gasteiger charge is -2.30. The minimum atomic E-state index is -2.00. The molecule has 0 bridgehead atoms. The highest BCUT2D eigenvalue weighted by Gasteiger charge is 2.51. The maximum Gasteiger partial charge on any atom is 0.330 e. The van der Waals surface area contributed by atoms with Crippen molar-refractivity contribution in [1.29, 1.82) is 0 Å². The number of aromatic amines is 1. The highest BCUT2D eigenvalue weighted by atomic mass is 16.6. The molecule has 246 valence electrons. The van der Waals surface area contributed by atoms with Gasteiger partial charge in [0.25, 0.3) is 5.56 Å². The van der Waals surface area contributed by atoms with Crippen molar-refractivity contribution in [3.05, 3.63) is 56.6 Å². The number of nitrogens with one attached hydrogen (secondary N) is 3. The maximum absolute atomic E-state index is 13.4. The second-order valence-corrected chi connectivity index (χ2v) is 10.5. The Morgan fingerprint density at radius 1 is 1.11 bits per heavy atom. The van der Waals surface area contributed by atoms with Gasteiger partial charge < -0.3 is 51.7 Å². The van der Waals surface area contributed by atoms with Gasteiger partial charge in [0.15, 0.2) is 6.23 Å². The Morgan fingerprint density at radius 3 is 2.36 bits per heavy atom. The molecule has 0 aromatic carbocycles. The van der Waals surface area contributed by atoms with Crippen molar-refractivity contribution in [1.82, 2.24) is 25.2 Å². The van der Waals surface area contributed by atoms with Gasteiger partial charge in [-0.1, -0.05) is 6.92 Å². The van der Waals surface area contributed by atoms with E-state index in [-0.39, 0.29) is 17.0 Å². The molecule has 19 heteroatoms. The number of nitrogens with zero attached hydrogens (tertiary/aromatic N) is 2. The number of aromatic hydroxyl groups is 1. The molecule has 0 spiro atoms. The van der Waals surface area contributed by atoms with E-state index < -0.39 is 103 Å². The molecule has 0 radical (unpaired) electrons. The molecule has 9 atom stereocenters. The molecule has 1 aliphatic heterocycles. The van der Waals surface area contributed by atoms with Crippen molar-refractivity contribution < 1.29 is 54.6 Å². The fraction of sp³-hybridized carbons (Fsp3) is 0.500. The van der Waals surface area contributed by atoms with Crippen LogP contribution < -0.4 is 27.6 Å². The Morgan fingerprint density at radius 2 is 1.78 bits per heavy atom. The second-order valence-electron chi connectivity index (χ2n) is 10.5. The van der Waals surface area contributed by atoms with E-state index in [0.29, 0.717) is 0 Å². The summed E-state index contributed by atoms with van der Waals surface area (Å²) < 4.78 is 6.38. The van der Waals surface area contributed by atoms with Gasteiger partial charge in [0.05, 0.1) is 17.9 Å². The van der Waals surface area contributed by atoms with E-state index in [1.165, 1.54) is 26.0 Å². The first kappa shape index (κ1) is 34.8. The van der Waals surface area contributed by atoms with Crippen LogP contribution in [0.5, 0.6) is 5.75 Å². The fourth-order valence-corrected chi connectivity index (χ4v) is 4.58. The number of carboxylic acids is 2. The Labute approximate surface area is 253 Å². The lowest BCUT2D eigenvalue weighted by atomic mass is 9.92. The third-order valence-electron chi connectivity index (χ3n) is 7.31. The summed E-state index contributed by atoms with van der Waals surface area (Å²) in [5, 5.41) is 64.5. The van der Waals surface area contributed by atoms with E-state index in [1.54, 1.807) is 0 Å². The number of aliphatic hydroxyl groups excluding tert-OH is 3. The monoisotopic (exact) mass is 638 g/mol. The molecule has 1 fully saturated rings. The minimum Gasteiger partial charge on any atom is -0.506 e. The molecule has 9 unspecified atom stereocenters. The van der Waals surface area contributed by atoms with Crippen LogP contribution in [0.1, 0.15) is 43.4 Å². The zero-order valence-electron chi connectivity index (χ0n) is 23.9. The second kappa shape index (κ2) is 14.4. The lowest BCUT2D eigenvalue weighted by Crippen LogP contribution is -2.61. The first-order valence-electron chi connectivity index (χ1n) is 13.5. The van der Waals surface area contributed by atoms with Crippen molar-refractivity contribution in [2.75, 3.05) is 0 Å². The number of aromatic nitrogens is 3. The number of hydrogen-bond acceptors (Lipinski definition) is 13. The molecule has 3 rings (SSSR count). The maximum atomic E-state index is 13.4. The van der Waals surface area contributed by atoms with Gasteiger partial charge in [-0.2, -0.15) is 0 Å². The number of carbonyl (C=O) groups is 4. The van der Waals surface area contributed by atoms with Crippen LogP contribution in [0.4, 0.5) is 0 Å². The van der Waals surface area contributed by atoms with Gasteiger partial charge in [0.1, 0.15) is 42.2 Å². The zero-order valence-corrected chi connectivity index (χ0v) is 23.9. The van der Waals surface area contributed by atoms with Crippen LogP contribution >= 0.6 is 0 Å². The number of ether oxygens (including phenoxy) is 1. The van der Waals surface area contributed by atoms with Crippen LogP contribution in [0.2, 0.25) is 0 Å². The Kier molecular flexibility index (Phi) is 11.1. The molecule has 45 heavy (non-hydrogen) atoms. The quantitative estimate of drug-likeness (QED) is 0.100. The first-order valence-corrected chi connectivity index (χ1v) is 13.5. The van der Waals surface area contributed by atoms with Crippen molar-refractivity contribution in [2.24, 2.45) is 11.7 Å². The molecular formula is C26H34N6O13. The number of rotatable bonds is 13. The highest BCUT2D eigenvalue weighted by molar-refractivity contribution is 5.92. The van der Waals surface area contributed by atoms with Gasteiger partial charge in [-0.05, 0) is 25.5 Å². The SMILES string of the molecule is Cc1cn(C2OC(C(NC(=O)C(N)C(C)C(O)c3ccc(O)cn3)C(=O)NC(CCC(=O)O)C(=O)O)C(O)C2O)c(=O)[nH]c1=O. The summed E-state index contributed by atoms with van der Waals surface area (Å²) in [7, 11) is 0. The first-order chi connectivity index (χ1) is 21.0. The molecule has 0 aliphatic carbocycles. The molecule has 2 amide bonds. The van der Waals surface area contributed by atoms with Crippen molar-refractivity contribution >= 4 is 23.8 Å². The molecule has 2 aromatic rings. The summed E-state index contributed by atoms with van der Waals surface area (Å²) in [6, 6.07) is -2.82. The average molecular weight is 639 g/mol. The number of H-pyrrole nitrogens is 1. The number of nitrogens with two attached hydrogens (primary N) is 1. The number of aryl methyl sites for hydroxylation is 1. The molecule has 0 saturated carbocycles. The van der Waals surface area contributed by atoms with Crippen LogP contribution in [0.15, 0.2) is 34.1 Å². The van der Waals surface area contributed by atoms with Crippen LogP contribution in [0.25, 0.3) is 0 Å². The molecule has 11 N–H and O–H groups in total. The number of amides is 2. The summed E-state index contributed by atoms with van der Waals surface area (Å²) >= 11 is 0. The van der Waals surface area contributed by atoms with Crippen LogP contribution in [-0.2, 0) is 23.9 Å². The minimum absolute atomic E-state index is 0.0234. The van der Waals surface area contributed by atoms with Crippen molar-refractivity contribution in [3.63, 3.8) is 0 Å². The summed E-state index contributed by atoms with van der Waals surface area (Å²) in [4.78, 5) is 79.5. The largest absolute Gasteiger partial charge is 0.506 e. The summed E-state index contributed by atoms with van der Waals surface area (Å²) in [6.07, 6.45) is -8.04. The topological polar surface area (TPSA) is 317 Å². The van der Waals surface area contributed by atoms with Gasteiger partial charge in [-0.15, -0.1) is 0 Å². The number of aliphatic hydroxyl groups is 3. The predicted octanol–water partition coefficient (Wildman–Crippen LogP) is -3.82. The lowest BCUT2D eigenvalue weighted by molar-refractivity contribution is -0.145. The number of hydrogen-bond donors (Lipinski definition) is 10. The fourth-order valence-electron chi connectivity index (χ4n) is 4.58. The van der Waals surface area contributed by atoms with Gasteiger partial charge in [-0.3, -0.25) is 33.7 Å². The molecule has 1 saturated heterocycles. The third-order valence-corrected chi connectivity index (χ3v) is 7.31. The molecule has 2 aromatic heterocycles. The molecule has 19 nitrogen and oxygen atoms in total. The number of aliphatic carboxylic acids is 2. The average Bonchev–Trinajstić information content (AvgIpc) is 3.27. The number of carbonyl (C=O) groups excluding carboxylic acids is 2. The predicted molar refractivity (Wildman–Crippen MR) is 148 cm³/mol. The third kappa shape index (κ3) is 8.08. The van der Waals surface area contributed by atoms with Crippen molar-refractivity contribution in [3.8, 4) is 5.75 Å². The van der Waals surface area contributed by atoms with E-state index in [9.17, 15) is 54.3 Å². The van der Waals surface area contributed by atoms with Gasteiger partial charge in [0, 0.05) is 24.1 Å².